The normalized spacial score (nSPS) is 35.0. The van der Waals surface area contributed by atoms with Gasteiger partial charge in [-0.05, 0) is 73.1 Å². The highest BCUT2D eigenvalue weighted by molar-refractivity contribution is 5.87. The summed E-state index contributed by atoms with van der Waals surface area (Å²) in [5.41, 5.74) is 2.89. The average Bonchev–Trinajstić information content (AvgIpc) is 2.88. The molecule has 2 heteroatoms. The van der Waals surface area contributed by atoms with E-state index in [1.807, 2.05) is 0 Å². The van der Waals surface area contributed by atoms with Gasteiger partial charge in [0.25, 0.3) is 0 Å². The molecule has 2 fully saturated rings. The lowest BCUT2D eigenvalue weighted by Gasteiger charge is -2.48. The van der Waals surface area contributed by atoms with Crippen LogP contribution in [0.2, 0.25) is 0 Å². The van der Waals surface area contributed by atoms with Gasteiger partial charge in [0.1, 0.15) is 18.1 Å². The molecule has 3 aliphatic carbocycles. The number of ketones is 1. The van der Waals surface area contributed by atoms with Crippen molar-refractivity contribution in [1.82, 2.24) is 0 Å². The van der Waals surface area contributed by atoms with E-state index in [0.29, 0.717) is 30.1 Å². The summed E-state index contributed by atoms with van der Waals surface area (Å²) in [5.74, 6) is 5.84. The van der Waals surface area contributed by atoms with Gasteiger partial charge in [-0.1, -0.05) is 18.9 Å². The fraction of sp³-hybridized carbons (Fsp3) is 0.571. The summed E-state index contributed by atoms with van der Waals surface area (Å²) in [7, 11) is 0. The molecule has 0 spiro atoms. The highest BCUT2D eigenvalue weighted by Gasteiger charge is 2.54. The van der Waals surface area contributed by atoms with Crippen molar-refractivity contribution in [3.63, 3.8) is 0 Å². The van der Waals surface area contributed by atoms with Crippen LogP contribution in [0.1, 0.15) is 56.1 Å². The minimum atomic E-state index is -0.0332. The molecule has 0 aromatic heterocycles. The number of benzene rings is 1. The van der Waals surface area contributed by atoms with Gasteiger partial charge in [0, 0.05) is 11.8 Å². The first-order valence-corrected chi connectivity index (χ1v) is 8.86. The first-order chi connectivity index (χ1) is 11.1. The van der Waals surface area contributed by atoms with Gasteiger partial charge in [-0.2, -0.15) is 0 Å². The number of rotatable bonds is 2. The molecule has 0 bridgehead atoms. The molecule has 0 saturated heterocycles. The smallest absolute Gasteiger partial charge is 0.148 e. The monoisotopic (exact) mass is 308 g/mol. The first kappa shape index (κ1) is 14.8. The van der Waals surface area contributed by atoms with Crippen molar-refractivity contribution >= 4 is 5.78 Å². The van der Waals surface area contributed by atoms with E-state index >= 15 is 0 Å². The summed E-state index contributed by atoms with van der Waals surface area (Å²) in [6.07, 6.45) is 11.7. The average molecular weight is 308 g/mol. The van der Waals surface area contributed by atoms with Crippen LogP contribution >= 0.6 is 0 Å². The topological polar surface area (TPSA) is 26.3 Å². The minimum absolute atomic E-state index is 0.0332. The second-order valence-corrected chi connectivity index (χ2v) is 7.69. The number of ether oxygens (including phenoxy) is 1. The molecule has 0 N–H and O–H groups in total. The van der Waals surface area contributed by atoms with Crippen molar-refractivity contribution < 1.29 is 9.53 Å². The van der Waals surface area contributed by atoms with Gasteiger partial charge in [-0.3, -0.25) is 4.79 Å². The largest absolute Gasteiger partial charge is 0.481 e. The molecular weight excluding hydrogens is 284 g/mol. The number of Topliss-reactive ketones (excluding diaryl/α,β-unsaturated/α-hetero) is 1. The predicted octanol–water partition coefficient (Wildman–Crippen LogP) is 4.12. The van der Waals surface area contributed by atoms with E-state index in [2.05, 4.69) is 31.0 Å². The Balaban J connectivity index is 1.62. The summed E-state index contributed by atoms with van der Waals surface area (Å²) < 4.78 is 5.58. The van der Waals surface area contributed by atoms with Gasteiger partial charge in [0.05, 0.1) is 0 Å². The van der Waals surface area contributed by atoms with Crippen molar-refractivity contribution in [3.8, 4) is 18.1 Å². The zero-order valence-electron chi connectivity index (χ0n) is 13.8. The molecule has 23 heavy (non-hydrogen) atoms. The minimum Gasteiger partial charge on any atom is -0.481 e. The summed E-state index contributed by atoms with van der Waals surface area (Å²) in [5, 5.41) is 0. The highest BCUT2D eigenvalue weighted by atomic mass is 16.5. The van der Waals surface area contributed by atoms with Gasteiger partial charge in [0.2, 0.25) is 0 Å². The predicted molar refractivity (Wildman–Crippen MR) is 90.4 cm³/mol. The number of fused-ring (bicyclic) bond motifs is 5. The molecule has 0 unspecified atom stereocenters. The van der Waals surface area contributed by atoms with Gasteiger partial charge in [-0.15, -0.1) is 6.42 Å². The second-order valence-electron chi connectivity index (χ2n) is 7.69. The van der Waals surface area contributed by atoms with Crippen LogP contribution in [0.3, 0.4) is 0 Å². The van der Waals surface area contributed by atoms with Crippen LogP contribution in [-0.4, -0.2) is 12.4 Å². The van der Waals surface area contributed by atoms with Gasteiger partial charge >= 0.3 is 0 Å². The Morgan fingerprint density at radius 3 is 3.00 bits per heavy atom. The quantitative estimate of drug-likeness (QED) is 0.768. The maximum atomic E-state index is 12.4. The lowest BCUT2D eigenvalue weighted by atomic mass is 9.55. The number of hydrogen-bond acceptors (Lipinski definition) is 2. The lowest BCUT2D eigenvalue weighted by Crippen LogP contribution is -2.42. The maximum Gasteiger partial charge on any atom is 0.148 e. The Morgan fingerprint density at radius 1 is 1.30 bits per heavy atom. The second kappa shape index (κ2) is 5.41. The van der Waals surface area contributed by atoms with Crippen LogP contribution in [0.5, 0.6) is 5.75 Å². The van der Waals surface area contributed by atoms with E-state index in [1.165, 1.54) is 17.5 Å². The molecule has 0 heterocycles. The number of carbonyl (C=O) groups excluding carboxylic acids is 1. The molecule has 0 amide bonds. The molecule has 3 aliphatic rings. The summed E-state index contributed by atoms with van der Waals surface area (Å²) in [4.78, 5) is 12.4. The van der Waals surface area contributed by atoms with E-state index in [-0.39, 0.29) is 5.41 Å². The van der Waals surface area contributed by atoms with E-state index in [9.17, 15) is 4.79 Å². The Morgan fingerprint density at radius 2 is 2.17 bits per heavy atom. The Labute approximate surface area is 138 Å². The molecular formula is C21H24O2. The fourth-order valence-corrected chi connectivity index (χ4v) is 5.54. The SMILES string of the molecule is C#CCOc1ccc2c(c1)CC[C@@H]1[C@@H]2CC[C@@]2(C)C(=O)CC[C@@H]12. The third-order valence-electron chi connectivity index (χ3n) is 6.73. The van der Waals surface area contributed by atoms with E-state index < -0.39 is 0 Å². The molecule has 4 atom stereocenters. The Hall–Kier alpha value is -1.75. The number of carbonyl (C=O) groups is 1. The summed E-state index contributed by atoms with van der Waals surface area (Å²) in [6, 6.07) is 6.49. The van der Waals surface area contributed by atoms with E-state index in [0.717, 1.165) is 37.9 Å². The molecule has 0 radical (unpaired) electrons. The number of hydrogen-bond donors (Lipinski definition) is 0. The molecule has 0 aliphatic heterocycles. The zero-order valence-corrected chi connectivity index (χ0v) is 13.8. The summed E-state index contributed by atoms with van der Waals surface area (Å²) in [6.45, 7) is 2.56. The molecule has 2 saturated carbocycles. The van der Waals surface area contributed by atoms with Crippen LogP contribution in [0.4, 0.5) is 0 Å². The molecule has 120 valence electrons. The number of aryl methyl sites for hydroxylation is 1. The van der Waals surface area contributed by atoms with Crippen molar-refractivity contribution in [2.24, 2.45) is 17.3 Å². The summed E-state index contributed by atoms with van der Waals surface area (Å²) >= 11 is 0. The van der Waals surface area contributed by atoms with Gasteiger partial charge in [-0.25, -0.2) is 0 Å². The standard InChI is InChI=1S/C21H24O2/c1-3-12-23-15-5-7-16-14(13-15)4-6-18-17(16)10-11-21(2)19(18)8-9-20(21)22/h1,5,7,13,17-19H,4,6,8-12H2,2H3/t17-,18-,19+,21-/m1/s1. The molecule has 2 nitrogen and oxygen atoms in total. The molecule has 1 aromatic carbocycles. The Bertz CT molecular complexity index is 684. The first-order valence-electron chi connectivity index (χ1n) is 8.86. The van der Waals surface area contributed by atoms with Crippen molar-refractivity contribution in [1.29, 1.82) is 0 Å². The van der Waals surface area contributed by atoms with Gasteiger partial charge < -0.3 is 4.74 Å². The van der Waals surface area contributed by atoms with Crippen LogP contribution in [0.25, 0.3) is 0 Å². The lowest BCUT2D eigenvalue weighted by molar-refractivity contribution is -0.129. The van der Waals surface area contributed by atoms with E-state index in [1.54, 1.807) is 0 Å². The van der Waals surface area contributed by atoms with Crippen LogP contribution < -0.4 is 4.74 Å². The van der Waals surface area contributed by atoms with Crippen molar-refractivity contribution in [3.05, 3.63) is 29.3 Å². The fourth-order valence-electron chi connectivity index (χ4n) is 5.54. The van der Waals surface area contributed by atoms with Crippen molar-refractivity contribution in [2.75, 3.05) is 6.61 Å². The van der Waals surface area contributed by atoms with Gasteiger partial charge in [0.15, 0.2) is 0 Å². The van der Waals surface area contributed by atoms with Crippen LogP contribution in [0, 0.1) is 29.6 Å². The molecule has 1 aromatic rings. The molecule has 4 rings (SSSR count). The van der Waals surface area contributed by atoms with Crippen LogP contribution in [-0.2, 0) is 11.2 Å². The third kappa shape index (κ3) is 2.21. The van der Waals surface area contributed by atoms with E-state index in [4.69, 9.17) is 11.2 Å². The number of terminal acetylenes is 1. The van der Waals surface area contributed by atoms with Crippen LogP contribution in [0.15, 0.2) is 18.2 Å². The third-order valence-corrected chi connectivity index (χ3v) is 6.73. The van der Waals surface area contributed by atoms with Crippen molar-refractivity contribution in [2.45, 2.75) is 51.4 Å². The maximum absolute atomic E-state index is 12.4. The zero-order chi connectivity index (χ0) is 16.0. The Kier molecular flexibility index (Phi) is 3.48. The highest BCUT2D eigenvalue weighted by Crippen LogP contribution is 2.59.